The van der Waals surface area contributed by atoms with E-state index in [1.165, 1.54) is 6.20 Å². The summed E-state index contributed by atoms with van der Waals surface area (Å²) in [4.78, 5) is 4.83. The average molecular weight is 560 g/mol. The number of aryl methyl sites for hydroxylation is 2. The van der Waals surface area contributed by atoms with Crippen molar-refractivity contribution in [2.24, 2.45) is 0 Å². The molecule has 39 heavy (non-hydrogen) atoms. The van der Waals surface area contributed by atoms with Crippen molar-refractivity contribution in [3.8, 4) is 5.88 Å². The summed E-state index contributed by atoms with van der Waals surface area (Å²) in [5.74, 6) is -0.669. The number of hydrogen-bond donors (Lipinski definition) is 0. The molecule has 206 valence electrons. The molecular weight excluding hydrogens is 531 g/mol. The molecule has 2 atom stereocenters. The van der Waals surface area contributed by atoms with Crippen molar-refractivity contribution in [1.82, 2.24) is 23.9 Å². The molecular formula is C27H28F3N5O3S. The maximum Gasteiger partial charge on any atom is 0.452 e. The largest absolute Gasteiger partial charge is 0.472 e. The second kappa shape index (κ2) is 11.0. The first-order chi connectivity index (χ1) is 18.7. The summed E-state index contributed by atoms with van der Waals surface area (Å²) in [5.41, 5.74) is 4.69. The van der Waals surface area contributed by atoms with Gasteiger partial charge in [0.2, 0.25) is 11.7 Å². The Morgan fingerprint density at radius 2 is 1.97 bits per heavy atom. The molecule has 2 unspecified atom stereocenters. The number of ether oxygens (including phenoxy) is 2. The van der Waals surface area contributed by atoms with Crippen molar-refractivity contribution < 1.29 is 26.9 Å². The van der Waals surface area contributed by atoms with Gasteiger partial charge in [0.25, 0.3) is 0 Å². The van der Waals surface area contributed by atoms with E-state index in [1.54, 1.807) is 38.4 Å². The molecule has 0 spiro atoms. The third-order valence-corrected chi connectivity index (χ3v) is 8.27. The van der Waals surface area contributed by atoms with Crippen molar-refractivity contribution >= 4 is 16.6 Å². The third-order valence-electron chi connectivity index (χ3n) is 6.83. The van der Waals surface area contributed by atoms with Crippen molar-refractivity contribution in [1.29, 1.82) is 0 Å². The van der Waals surface area contributed by atoms with Crippen LogP contribution in [0.3, 0.4) is 0 Å². The molecule has 1 aromatic carbocycles. The first-order valence-corrected chi connectivity index (χ1v) is 13.5. The Morgan fingerprint density at radius 1 is 1.15 bits per heavy atom. The molecule has 0 aliphatic carbocycles. The predicted molar refractivity (Wildman–Crippen MR) is 139 cm³/mol. The summed E-state index contributed by atoms with van der Waals surface area (Å²) < 4.78 is 67.5. The molecule has 8 nitrogen and oxygen atoms in total. The van der Waals surface area contributed by atoms with Gasteiger partial charge in [0.15, 0.2) is 5.65 Å². The smallest absolute Gasteiger partial charge is 0.452 e. The second-order valence-corrected chi connectivity index (χ2v) is 11.0. The van der Waals surface area contributed by atoms with E-state index in [4.69, 9.17) is 9.47 Å². The molecule has 12 heteroatoms. The lowest BCUT2D eigenvalue weighted by Crippen LogP contribution is -2.35. The summed E-state index contributed by atoms with van der Waals surface area (Å²) in [6.45, 7) is 5.11. The Morgan fingerprint density at radius 3 is 2.74 bits per heavy atom. The van der Waals surface area contributed by atoms with E-state index in [0.29, 0.717) is 48.9 Å². The minimum atomic E-state index is -4.59. The van der Waals surface area contributed by atoms with Gasteiger partial charge in [-0.15, -0.1) is 10.2 Å². The van der Waals surface area contributed by atoms with Crippen molar-refractivity contribution in [3.05, 3.63) is 82.4 Å². The van der Waals surface area contributed by atoms with E-state index in [2.05, 4.69) is 21.2 Å². The lowest BCUT2D eigenvalue weighted by molar-refractivity contribution is -0.145. The maximum atomic E-state index is 13.6. The van der Waals surface area contributed by atoms with Gasteiger partial charge >= 0.3 is 6.18 Å². The summed E-state index contributed by atoms with van der Waals surface area (Å²) in [7, 11) is 0.151. The van der Waals surface area contributed by atoms with Gasteiger partial charge in [-0.05, 0) is 66.3 Å². The fourth-order valence-electron chi connectivity index (χ4n) is 4.67. The van der Waals surface area contributed by atoms with Gasteiger partial charge in [-0.2, -0.15) is 13.2 Å². The maximum absolute atomic E-state index is 13.6. The Kier molecular flexibility index (Phi) is 7.70. The number of alkyl halides is 3. The van der Waals surface area contributed by atoms with Crippen LogP contribution in [-0.4, -0.2) is 54.5 Å². The molecule has 5 rings (SSSR count). The molecule has 1 aliphatic rings. The molecule has 0 amide bonds. The number of fused-ring (bicyclic) bond motifs is 2. The Balaban J connectivity index is 1.41. The fraction of sp³-hybridized carbons (Fsp3) is 0.370. The SMILES string of the molecule is COCCC1CN(Cc2cc(Cc3ccn4c(C(F)(F)F)nnc4c3C)ccc2C)S(=O)c2cccnc2O1. The highest BCUT2D eigenvalue weighted by Gasteiger charge is 2.37. The summed E-state index contributed by atoms with van der Waals surface area (Å²) in [6.07, 6.45) is -0.722. The Labute approximate surface area is 226 Å². The number of pyridine rings is 2. The Hall–Kier alpha value is -3.35. The lowest BCUT2D eigenvalue weighted by Gasteiger charge is -2.23. The minimum Gasteiger partial charge on any atom is -0.472 e. The number of aromatic nitrogens is 4. The van der Waals surface area contributed by atoms with Crippen LogP contribution < -0.4 is 4.74 Å². The molecule has 0 saturated carbocycles. The first kappa shape index (κ1) is 27.2. The van der Waals surface area contributed by atoms with E-state index < -0.39 is 23.0 Å². The average Bonchev–Trinajstić information content (AvgIpc) is 3.31. The summed E-state index contributed by atoms with van der Waals surface area (Å²) in [6, 6.07) is 11.2. The molecule has 0 saturated heterocycles. The number of halogens is 3. The Bertz CT molecular complexity index is 1520. The van der Waals surface area contributed by atoms with Crippen LogP contribution in [-0.2, 0) is 34.9 Å². The lowest BCUT2D eigenvalue weighted by atomic mass is 9.98. The number of nitrogens with zero attached hydrogens (tertiary/aromatic N) is 5. The van der Waals surface area contributed by atoms with Crippen LogP contribution in [0.25, 0.3) is 5.65 Å². The monoisotopic (exact) mass is 559 g/mol. The van der Waals surface area contributed by atoms with E-state index in [0.717, 1.165) is 26.7 Å². The first-order valence-electron chi connectivity index (χ1n) is 12.4. The highest BCUT2D eigenvalue weighted by atomic mass is 32.2. The van der Waals surface area contributed by atoms with Crippen LogP contribution in [0.2, 0.25) is 0 Å². The molecule has 0 radical (unpaired) electrons. The highest BCUT2D eigenvalue weighted by Crippen LogP contribution is 2.31. The number of hydrogen-bond acceptors (Lipinski definition) is 6. The van der Waals surface area contributed by atoms with E-state index >= 15 is 0 Å². The zero-order valence-electron chi connectivity index (χ0n) is 21.7. The summed E-state index contributed by atoms with van der Waals surface area (Å²) >= 11 is 0. The van der Waals surface area contributed by atoms with E-state index in [-0.39, 0.29) is 11.8 Å². The van der Waals surface area contributed by atoms with Crippen LogP contribution in [0, 0.1) is 13.8 Å². The van der Waals surface area contributed by atoms with Crippen LogP contribution >= 0.6 is 0 Å². The van der Waals surface area contributed by atoms with Crippen molar-refractivity contribution in [2.45, 2.75) is 50.4 Å². The molecule has 0 fully saturated rings. The van der Waals surface area contributed by atoms with Gasteiger partial charge in [-0.25, -0.2) is 13.5 Å². The standard InChI is InChI=1S/C27H28F3N5O3S/c1-17-6-7-19(13-20-8-11-35-24(18(20)2)32-33-26(35)27(28,29)30)14-21(17)15-34-16-22(9-12-37-3)38-25-23(39(34)36)5-4-10-31-25/h4-8,10-11,14,22H,9,12-13,15-16H2,1-3H3. The van der Waals surface area contributed by atoms with Crippen LogP contribution in [0.4, 0.5) is 13.2 Å². The number of benzene rings is 1. The highest BCUT2D eigenvalue weighted by molar-refractivity contribution is 7.82. The molecule has 1 aliphatic heterocycles. The van der Waals surface area contributed by atoms with Gasteiger partial charge in [-0.1, -0.05) is 18.2 Å². The molecule has 0 N–H and O–H groups in total. The minimum absolute atomic E-state index is 0.182. The zero-order chi connectivity index (χ0) is 27.7. The van der Waals surface area contributed by atoms with E-state index in [1.807, 2.05) is 23.4 Å². The van der Waals surface area contributed by atoms with E-state index in [9.17, 15) is 17.4 Å². The van der Waals surface area contributed by atoms with Gasteiger partial charge < -0.3 is 9.47 Å². The fourth-order valence-corrected chi connectivity index (χ4v) is 5.95. The molecule has 4 aromatic rings. The van der Waals surface area contributed by atoms with Crippen molar-refractivity contribution in [3.63, 3.8) is 0 Å². The van der Waals surface area contributed by atoms with Crippen LogP contribution in [0.5, 0.6) is 5.88 Å². The summed E-state index contributed by atoms with van der Waals surface area (Å²) in [5, 5.41) is 7.14. The zero-order valence-corrected chi connectivity index (χ0v) is 22.6. The van der Waals surface area contributed by atoms with Crippen molar-refractivity contribution in [2.75, 3.05) is 20.3 Å². The normalized spacial score (nSPS) is 18.1. The molecule has 3 aromatic heterocycles. The quantitative estimate of drug-likeness (QED) is 0.327. The third kappa shape index (κ3) is 5.68. The van der Waals surface area contributed by atoms with Gasteiger partial charge in [-0.3, -0.25) is 4.40 Å². The van der Waals surface area contributed by atoms with Crippen LogP contribution in [0.15, 0.2) is 53.7 Å². The second-order valence-electron chi connectivity index (χ2n) is 9.52. The predicted octanol–water partition coefficient (Wildman–Crippen LogP) is 4.67. The van der Waals surface area contributed by atoms with Gasteiger partial charge in [0.05, 0.1) is 0 Å². The number of methoxy groups -OCH3 is 1. The van der Waals surface area contributed by atoms with Gasteiger partial charge in [0, 0.05) is 45.6 Å². The number of rotatable bonds is 7. The molecule has 0 bridgehead atoms. The van der Waals surface area contributed by atoms with Gasteiger partial charge in [0.1, 0.15) is 22.0 Å². The topological polar surface area (TPSA) is 81.9 Å². The molecule has 4 heterocycles. The van der Waals surface area contributed by atoms with Crippen LogP contribution in [0.1, 0.15) is 40.1 Å².